The third kappa shape index (κ3) is 3.18. The van der Waals surface area contributed by atoms with E-state index < -0.39 is 91.0 Å². The van der Waals surface area contributed by atoms with E-state index in [0.717, 1.165) is 0 Å². The zero-order valence-corrected chi connectivity index (χ0v) is 13.2. The van der Waals surface area contributed by atoms with E-state index in [1.807, 2.05) is 0 Å². The minimum atomic E-state index is -2.30. The first-order valence-electron chi connectivity index (χ1n) is 6.41. The molecule has 4 N–H and O–H groups in total. The molecule has 2 amide bonds. The molecule has 0 aliphatic heterocycles. The molecule has 2 rings (SSSR count). The van der Waals surface area contributed by atoms with Gasteiger partial charge in [-0.2, -0.15) is 0 Å². The Kier molecular flexibility index (Phi) is 5.35. The number of benzene rings is 2. The average Bonchev–Trinajstić information content (AvgIpc) is 2.57. The van der Waals surface area contributed by atoms with Crippen LogP contribution in [0.5, 0.6) is 0 Å². The van der Waals surface area contributed by atoms with Crippen LogP contribution in [0.4, 0.5) is 35.1 Å². The summed E-state index contributed by atoms with van der Waals surface area (Å²) in [5.74, 6) is -22.1. The van der Waals surface area contributed by atoms with Gasteiger partial charge in [0.25, 0.3) is 11.8 Å². The zero-order chi connectivity index (χ0) is 20.8. The summed E-state index contributed by atoms with van der Waals surface area (Å²) >= 11 is -0.773. The first kappa shape index (κ1) is 20.5. The van der Waals surface area contributed by atoms with Gasteiger partial charge in [0.1, 0.15) is 11.1 Å². The van der Waals surface area contributed by atoms with Gasteiger partial charge in [0.2, 0.25) is 0 Å². The average molecular weight is 416 g/mol. The van der Waals surface area contributed by atoms with Crippen molar-refractivity contribution in [3.8, 4) is 0 Å². The summed E-state index contributed by atoms with van der Waals surface area (Å²) < 4.78 is 110. The maximum atomic E-state index is 13.9. The number of halogens is 8. The molecule has 0 heterocycles. The highest BCUT2D eigenvalue weighted by atomic mass is 32.2. The van der Waals surface area contributed by atoms with Crippen molar-refractivity contribution in [3.05, 3.63) is 57.7 Å². The molecule has 0 bridgehead atoms. The lowest BCUT2D eigenvalue weighted by Gasteiger charge is -2.12. The standard InChI is InChI=1S/C14H4F8N2O2S/c15-3-1(13(23)25)4(16)8(20)11(7(3)19)27-12-9(21)5(17)2(14(24)26)6(18)10(12)22/h(H2,23,25)(H2,24,26). The smallest absolute Gasteiger partial charge is 0.254 e. The lowest BCUT2D eigenvalue weighted by atomic mass is 10.1. The van der Waals surface area contributed by atoms with Crippen LogP contribution in [0.1, 0.15) is 20.7 Å². The highest BCUT2D eigenvalue weighted by Crippen LogP contribution is 2.40. The van der Waals surface area contributed by atoms with Crippen molar-refractivity contribution in [2.45, 2.75) is 9.79 Å². The first-order valence-corrected chi connectivity index (χ1v) is 7.22. The van der Waals surface area contributed by atoms with E-state index in [-0.39, 0.29) is 0 Å². The molecule has 27 heavy (non-hydrogen) atoms. The van der Waals surface area contributed by atoms with Crippen LogP contribution in [-0.4, -0.2) is 11.8 Å². The second kappa shape index (κ2) is 7.06. The minimum Gasteiger partial charge on any atom is -0.365 e. The van der Waals surface area contributed by atoms with Gasteiger partial charge in [0.05, 0.1) is 9.79 Å². The van der Waals surface area contributed by atoms with Gasteiger partial charge in [0, 0.05) is 0 Å². The molecule has 2 aromatic carbocycles. The van der Waals surface area contributed by atoms with Crippen molar-refractivity contribution in [1.29, 1.82) is 0 Å². The van der Waals surface area contributed by atoms with Crippen molar-refractivity contribution < 1.29 is 44.7 Å². The number of amides is 2. The Hall–Kier alpha value is -2.83. The summed E-state index contributed by atoms with van der Waals surface area (Å²) in [6, 6.07) is 0. The van der Waals surface area contributed by atoms with Crippen LogP contribution in [0.3, 0.4) is 0 Å². The van der Waals surface area contributed by atoms with Gasteiger partial charge in [-0.1, -0.05) is 11.8 Å². The topological polar surface area (TPSA) is 86.2 Å². The van der Waals surface area contributed by atoms with Crippen LogP contribution in [0.25, 0.3) is 0 Å². The third-order valence-corrected chi connectivity index (χ3v) is 4.27. The molecule has 0 spiro atoms. The molecule has 0 saturated heterocycles. The van der Waals surface area contributed by atoms with Crippen LogP contribution in [-0.2, 0) is 0 Å². The highest BCUT2D eigenvalue weighted by Gasteiger charge is 2.33. The quantitative estimate of drug-likeness (QED) is 0.593. The van der Waals surface area contributed by atoms with Gasteiger partial charge >= 0.3 is 0 Å². The molecule has 2 aromatic rings. The Labute approximate surface area is 148 Å². The van der Waals surface area contributed by atoms with Crippen molar-refractivity contribution in [2.75, 3.05) is 0 Å². The number of nitrogens with two attached hydrogens (primary N) is 2. The Morgan fingerprint density at radius 1 is 0.519 bits per heavy atom. The predicted octanol–water partition coefficient (Wildman–Crippen LogP) is 3.15. The van der Waals surface area contributed by atoms with Crippen molar-refractivity contribution in [2.24, 2.45) is 11.5 Å². The lowest BCUT2D eigenvalue weighted by molar-refractivity contribution is 0.0980. The number of hydrogen-bond donors (Lipinski definition) is 2. The van der Waals surface area contributed by atoms with Crippen molar-refractivity contribution in [1.82, 2.24) is 0 Å². The fourth-order valence-corrected chi connectivity index (χ4v) is 2.86. The van der Waals surface area contributed by atoms with E-state index in [1.54, 1.807) is 0 Å². The van der Waals surface area contributed by atoms with Gasteiger partial charge in [-0.25, -0.2) is 35.1 Å². The first-order chi connectivity index (χ1) is 12.4. The molecule has 0 atom stereocenters. The molecule has 144 valence electrons. The molecule has 4 nitrogen and oxygen atoms in total. The van der Waals surface area contributed by atoms with E-state index in [2.05, 4.69) is 11.5 Å². The predicted molar refractivity (Wildman–Crippen MR) is 73.7 cm³/mol. The maximum absolute atomic E-state index is 13.9. The summed E-state index contributed by atoms with van der Waals surface area (Å²) in [6.45, 7) is 0. The van der Waals surface area contributed by atoms with Crippen molar-refractivity contribution >= 4 is 23.6 Å². The van der Waals surface area contributed by atoms with Crippen LogP contribution < -0.4 is 11.5 Å². The van der Waals surface area contributed by atoms with Gasteiger partial charge in [-0.15, -0.1) is 0 Å². The molecule has 13 heteroatoms. The summed E-state index contributed by atoms with van der Waals surface area (Å²) in [5, 5.41) is 0. The van der Waals surface area contributed by atoms with Crippen LogP contribution in [0.2, 0.25) is 0 Å². The van der Waals surface area contributed by atoms with E-state index >= 15 is 0 Å². The SMILES string of the molecule is NC(=O)c1c(F)c(F)c(Sc2c(F)c(F)c(C(N)=O)c(F)c2F)c(F)c1F. The summed E-state index contributed by atoms with van der Waals surface area (Å²) in [4.78, 5) is 18.2. The Balaban J connectivity index is 2.76. The second-order valence-corrected chi connectivity index (χ2v) is 5.77. The van der Waals surface area contributed by atoms with Crippen molar-refractivity contribution in [3.63, 3.8) is 0 Å². The third-order valence-electron chi connectivity index (χ3n) is 3.14. The summed E-state index contributed by atoms with van der Waals surface area (Å²) in [6.07, 6.45) is 0. The molecule has 0 fully saturated rings. The minimum absolute atomic E-state index is 0.773. The van der Waals surface area contributed by atoms with E-state index in [0.29, 0.717) is 0 Å². The maximum Gasteiger partial charge on any atom is 0.254 e. The number of carbonyl (C=O) groups is 2. The molecule has 0 saturated carbocycles. The van der Waals surface area contributed by atoms with Gasteiger partial charge in [0.15, 0.2) is 46.5 Å². The highest BCUT2D eigenvalue weighted by molar-refractivity contribution is 7.99. The monoisotopic (exact) mass is 416 g/mol. The molecular weight excluding hydrogens is 412 g/mol. The van der Waals surface area contributed by atoms with Gasteiger partial charge < -0.3 is 11.5 Å². The van der Waals surface area contributed by atoms with Gasteiger partial charge in [-0.05, 0) is 0 Å². The van der Waals surface area contributed by atoms with E-state index in [9.17, 15) is 44.7 Å². The van der Waals surface area contributed by atoms with E-state index in [4.69, 9.17) is 0 Å². The molecule has 0 unspecified atom stereocenters. The lowest BCUT2D eigenvalue weighted by Crippen LogP contribution is -2.19. The number of carbonyl (C=O) groups excluding carboxylic acids is 2. The van der Waals surface area contributed by atoms with Crippen LogP contribution in [0.15, 0.2) is 9.79 Å². The summed E-state index contributed by atoms with van der Waals surface area (Å²) in [7, 11) is 0. The Morgan fingerprint density at radius 3 is 0.926 bits per heavy atom. The number of hydrogen-bond acceptors (Lipinski definition) is 3. The summed E-state index contributed by atoms with van der Waals surface area (Å²) in [5.41, 5.74) is 5.52. The zero-order valence-electron chi connectivity index (χ0n) is 12.4. The molecule has 0 aromatic heterocycles. The second-order valence-electron chi connectivity index (χ2n) is 4.75. The molecular formula is C14H4F8N2O2S. The molecule has 0 aliphatic rings. The fourth-order valence-electron chi connectivity index (χ4n) is 1.94. The fraction of sp³-hybridized carbons (Fsp3) is 0. The largest absolute Gasteiger partial charge is 0.365 e. The number of primary amides is 2. The molecule has 0 aliphatic carbocycles. The van der Waals surface area contributed by atoms with Gasteiger partial charge in [-0.3, -0.25) is 9.59 Å². The van der Waals surface area contributed by atoms with E-state index in [1.165, 1.54) is 0 Å². The Bertz CT molecular complexity index is 874. The van der Waals surface area contributed by atoms with Crippen LogP contribution in [0, 0.1) is 46.5 Å². The Morgan fingerprint density at radius 2 is 0.741 bits per heavy atom. The van der Waals surface area contributed by atoms with Crippen LogP contribution >= 0.6 is 11.8 Å². The number of rotatable bonds is 4. The molecule has 0 radical (unpaired) electrons. The normalized spacial score (nSPS) is 11.0.